The van der Waals surface area contributed by atoms with Crippen LogP contribution in [0.15, 0.2) is 54.7 Å². The maximum Gasteiger partial charge on any atom is 0.246 e. The molecule has 24 heavy (non-hydrogen) atoms. The number of amides is 1. The Hall–Kier alpha value is -2.33. The summed E-state index contributed by atoms with van der Waals surface area (Å²) in [4.78, 5) is 18.2. The number of nitrogens with zero attached hydrogens (tertiary/aromatic N) is 2. The van der Waals surface area contributed by atoms with Gasteiger partial charge in [-0.2, -0.15) is 0 Å². The molecule has 1 aliphatic heterocycles. The first kappa shape index (κ1) is 16.5. The summed E-state index contributed by atoms with van der Waals surface area (Å²) in [5.74, 6) is 0.501. The highest BCUT2D eigenvalue weighted by molar-refractivity contribution is 6.31. The van der Waals surface area contributed by atoms with Gasteiger partial charge in [0, 0.05) is 38.2 Å². The molecule has 1 aromatic heterocycles. The Balaban J connectivity index is 1.50. The Kier molecular flexibility index (Phi) is 5.49. The van der Waals surface area contributed by atoms with Gasteiger partial charge in [-0.15, -0.1) is 0 Å². The average molecular weight is 343 g/mol. The van der Waals surface area contributed by atoms with Crippen LogP contribution in [0.1, 0.15) is 18.4 Å². The number of likely N-dealkylation sites (tertiary alicyclic amines) is 1. The third-order valence-electron chi connectivity index (χ3n) is 3.97. The van der Waals surface area contributed by atoms with E-state index in [1.54, 1.807) is 24.4 Å². The van der Waals surface area contributed by atoms with Crippen LogP contribution >= 0.6 is 11.6 Å². The fraction of sp³-hybridized carbons (Fsp3) is 0.263. The number of piperidine rings is 1. The van der Waals surface area contributed by atoms with Crippen LogP contribution in [0.3, 0.4) is 0 Å². The largest absolute Gasteiger partial charge is 0.473 e. The molecule has 2 aromatic rings. The van der Waals surface area contributed by atoms with Gasteiger partial charge in [0.25, 0.3) is 0 Å². The van der Waals surface area contributed by atoms with Gasteiger partial charge in [-0.3, -0.25) is 4.79 Å². The van der Waals surface area contributed by atoms with Gasteiger partial charge in [-0.1, -0.05) is 41.9 Å². The summed E-state index contributed by atoms with van der Waals surface area (Å²) in [5.41, 5.74) is 1.02. The number of ether oxygens (including phenoxy) is 1. The van der Waals surface area contributed by atoms with Crippen LogP contribution < -0.4 is 4.74 Å². The molecule has 0 radical (unpaired) electrons. The van der Waals surface area contributed by atoms with E-state index in [9.17, 15) is 4.79 Å². The first-order chi connectivity index (χ1) is 11.7. The molecule has 1 aromatic carbocycles. The Bertz CT molecular complexity index is 710. The second-order valence-corrected chi connectivity index (χ2v) is 6.08. The smallest absolute Gasteiger partial charge is 0.246 e. The minimum atomic E-state index is 0.0353. The normalized spacial score (nSPS) is 15.6. The van der Waals surface area contributed by atoms with E-state index in [0.29, 0.717) is 24.0 Å². The number of benzene rings is 1. The van der Waals surface area contributed by atoms with Crippen LogP contribution in [0.2, 0.25) is 5.02 Å². The van der Waals surface area contributed by atoms with E-state index in [2.05, 4.69) is 4.98 Å². The Morgan fingerprint density at radius 3 is 2.62 bits per heavy atom. The molecule has 0 unspecified atom stereocenters. The first-order valence-electron chi connectivity index (χ1n) is 8.01. The number of carbonyl (C=O) groups is 1. The highest BCUT2D eigenvalue weighted by atomic mass is 35.5. The molecule has 2 heterocycles. The minimum Gasteiger partial charge on any atom is -0.473 e. The molecule has 3 rings (SSSR count). The van der Waals surface area contributed by atoms with Crippen molar-refractivity contribution in [1.82, 2.24) is 9.88 Å². The third-order valence-corrected chi connectivity index (χ3v) is 4.26. The van der Waals surface area contributed by atoms with Crippen molar-refractivity contribution in [1.29, 1.82) is 0 Å². The van der Waals surface area contributed by atoms with E-state index >= 15 is 0 Å². The zero-order valence-corrected chi connectivity index (χ0v) is 14.0. The topological polar surface area (TPSA) is 42.4 Å². The molecule has 0 atom stereocenters. The van der Waals surface area contributed by atoms with E-state index in [1.165, 1.54) is 0 Å². The lowest BCUT2D eigenvalue weighted by atomic mass is 10.1. The summed E-state index contributed by atoms with van der Waals surface area (Å²) < 4.78 is 5.84. The number of rotatable bonds is 4. The zero-order chi connectivity index (χ0) is 16.8. The Morgan fingerprint density at radius 2 is 1.92 bits per heavy atom. The second-order valence-electron chi connectivity index (χ2n) is 5.68. The van der Waals surface area contributed by atoms with Gasteiger partial charge < -0.3 is 9.64 Å². The number of carbonyl (C=O) groups excluding carboxylic acids is 1. The van der Waals surface area contributed by atoms with Crippen molar-refractivity contribution in [2.75, 3.05) is 13.1 Å². The molecule has 1 saturated heterocycles. The molecule has 5 heteroatoms. The van der Waals surface area contributed by atoms with Crippen LogP contribution in [0.4, 0.5) is 0 Å². The predicted molar refractivity (Wildman–Crippen MR) is 95.0 cm³/mol. The fourth-order valence-electron chi connectivity index (χ4n) is 2.65. The zero-order valence-electron chi connectivity index (χ0n) is 13.3. The number of aromatic nitrogens is 1. The summed E-state index contributed by atoms with van der Waals surface area (Å²) in [6.07, 6.45) is 6.73. The van der Waals surface area contributed by atoms with Crippen molar-refractivity contribution < 1.29 is 9.53 Å². The maximum absolute atomic E-state index is 12.3. The summed E-state index contributed by atoms with van der Waals surface area (Å²) >= 11 is 6.06. The third kappa shape index (κ3) is 4.36. The number of halogens is 1. The summed E-state index contributed by atoms with van der Waals surface area (Å²) in [6.45, 7) is 1.35. The van der Waals surface area contributed by atoms with Crippen LogP contribution in [0.25, 0.3) is 6.08 Å². The molecule has 0 aliphatic carbocycles. The van der Waals surface area contributed by atoms with Crippen LogP contribution in [-0.2, 0) is 4.79 Å². The second kappa shape index (κ2) is 7.97. The van der Waals surface area contributed by atoms with Gasteiger partial charge in [0.2, 0.25) is 11.8 Å². The lowest BCUT2D eigenvalue weighted by Crippen LogP contribution is -2.41. The monoisotopic (exact) mass is 342 g/mol. The number of hydrogen-bond acceptors (Lipinski definition) is 3. The summed E-state index contributed by atoms with van der Waals surface area (Å²) in [7, 11) is 0. The van der Waals surface area contributed by atoms with Crippen molar-refractivity contribution in [3.63, 3.8) is 0 Å². The van der Waals surface area contributed by atoms with Gasteiger partial charge in [0.15, 0.2) is 0 Å². The van der Waals surface area contributed by atoms with Crippen molar-refractivity contribution in [2.45, 2.75) is 18.9 Å². The molecule has 0 N–H and O–H groups in total. The SMILES string of the molecule is O=C(C=Cc1ccccc1)N1CCC(Oc2ncccc2Cl)CC1. The van der Waals surface area contributed by atoms with Gasteiger partial charge in [-0.25, -0.2) is 4.98 Å². The van der Waals surface area contributed by atoms with Gasteiger partial charge in [0.1, 0.15) is 11.1 Å². The van der Waals surface area contributed by atoms with E-state index in [4.69, 9.17) is 16.3 Å². The lowest BCUT2D eigenvalue weighted by molar-refractivity contribution is -0.127. The molecular formula is C19H19ClN2O2. The predicted octanol–water partition coefficient (Wildman–Crippen LogP) is 3.82. The van der Waals surface area contributed by atoms with Crippen molar-refractivity contribution in [3.8, 4) is 5.88 Å². The maximum atomic E-state index is 12.3. The quantitative estimate of drug-likeness (QED) is 0.793. The Morgan fingerprint density at radius 1 is 1.17 bits per heavy atom. The van der Waals surface area contributed by atoms with Crippen LogP contribution in [0.5, 0.6) is 5.88 Å². The molecule has 0 bridgehead atoms. The lowest BCUT2D eigenvalue weighted by Gasteiger charge is -2.31. The molecule has 4 nitrogen and oxygen atoms in total. The highest BCUT2D eigenvalue weighted by Gasteiger charge is 2.23. The minimum absolute atomic E-state index is 0.0353. The first-order valence-corrected chi connectivity index (χ1v) is 8.39. The summed E-state index contributed by atoms with van der Waals surface area (Å²) in [6, 6.07) is 13.3. The molecule has 1 aliphatic rings. The molecule has 0 spiro atoms. The van der Waals surface area contributed by atoms with Gasteiger partial charge >= 0.3 is 0 Å². The number of hydrogen-bond donors (Lipinski definition) is 0. The van der Waals surface area contributed by atoms with E-state index in [0.717, 1.165) is 18.4 Å². The standard InChI is InChI=1S/C19H19ClN2O2/c20-17-7-4-12-21-19(17)24-16-10-13-22(14-11-16)18(23)9-8-15-5-2-1-3-6-15/h1-9,12,16H,10-11,13-14H2. The van der Waals surface area contributed by atoms with Crippen LogP contribution in [-0.4, -0.2) is 35.0 Å². The van der Waals surface area contributed by atoms with Crippen molar-refractivity contribution >= 4 is 23.6 Å². The van der Waals surface area contributed by atoms with Crippen molar-refractivity contribution in [2.24, 2.45) is 0 Å². The van der Waals surface area contributed by atoms with Gasteiger partial charge in [0.05, 0.1) is 0 Å². The van der Waals surface area contributed by atoms with E-state index in [-0.39, 0.29) is 12.0 Å². The van der Waals surface area contributed by atoms with Crippen molar-refractivity contribution in [3.05, 3.63) is 65.3 Å². The summed E-state index contributed by atoms with van der Waals surface area (Å²) in [5, 5.41) is 0.516. The molecular weight excluding hydrogens is 324 g/mol. The molecule has 1 amide bonds. The van der Waals surface area contributed by atoms with E-state index < -0.39 is 0 Å². The highest BCUT2D eigenvalue weighted by Crippen LogP contribution is 2.24. The van der Waals surface area contributed by atoms with Crippen LogP contribution in [0, 0.1) is 0 Å². The molecule has 0 saturated carbocycles. The average Bonchev–Trinajstić information content (AvgIpc) is 2.63. The Labute approximate surface area is 146 Å². The van der Waals surface area contributed by atoms with Gasteiger partial charge in [-0.05, 0) is 23.8 Å². The fourth-order valence-corrected chi connectivity index (χ4v) is 2.81. The number of pyridine rings is 1. The molecule has 124 valence electrons. The molecule has 1 fully saturated rings. The van der Waals surface area contributed by atoms with E-state index in [1.807, 2.05) is 41.3 Å².